The molecule has 3 N–H and O–H groups in total. The van der Waals surface area contributed by atoms with Crippen LogP contribution in [0.25, 0.3) is 0 Å². The fraction of sp³-hybridized carbons (Fsp3) is 0.714. The van der Waals surface area contributed by atoms with Gasteiger partial charge in [0.1, 0.15) is 5.60 Å². The first-order valence-corrected chi connectivity index (χ1v) is 4.07. The third-order valence-corrected chi connectivity index (χ3v) is 1.55. The maximum atomic E-state index is 10.9. The number of nitrogens with one attached hydrogen (secondary N) is 1. The molecular weight excluding hydrogens is 176 g/mol. The van der Waals surface area contributed by atoms with E-state index < -0.39 is 11.7 Å². The predicted molar refractivity (Wildman–Crippen MR) is 50.8 cm³/mol. The Hall–Kier alpha value is -0.840. The van der Waals surface area contributed by atoms with Crippen molar-refractivity contribution in [1.29, 1.82) is 0 Å². The van der Waals surface area contributed by atoms with Gasteiger partial charge in [0, 0.05) is 0 Å². The van der Waals surface area contributed by atoms with Gasteiger partial charge in [0.2, 0.25) is 0 Å². The number of rotatable bonds is 2. The molecule has 0 aromatic carbocycles. The number of ether oxygens (including phenoxy) is 1. The topological polar surface area (TPSA) is 64.3 Å². The van der Waals surface area contributed by atoms with E-state index in [-0.39, 0.29) is 5.11 Å². The van der Waals surface area contributed by atoms with Gasteiger partial charge in [-0.05, 0) is 32.5 Å². The minimum absolute atomic E-state index is 0.0769. The van der Waals surface area contributed by atoms with Crippen LogP contribution in [0.1, 0.15) is 27.2 Å². The smallest absolute Gasteiger partial charge is 0.413 e. The zero-order chi connectivity index (χ0) is 9.78. The lowest BCUT2D eigenvalue weighted by molar-refractivity contribution is 0.0396. The molecule has 12 heavy (non-hydrogen) atoms. The van der Waals surface area contributed by atoms with E-state index in [1.165, 1.54) is 0 Å². The monoisotopic (exact) mass is 190 g/mol. The molecule has 0 heterocycles. The van der Waals surface area contributed by atoms with Crippen LogP contribution in [0.5, 0.6) is 0 Å². The van der Waals surface area contributed by atoms with Crippen LogP contribution in [0.15, 0.2) is 0 Å². The van der Waals surface area contributed by atoms with E-state index in [9.17, 15) is 4.79 Å². The molecule has 0 bridgehead atoms. The minimum atomic E-state index is -0.602. The highest BCUT2D eigenvalue weighted by molar-refractivity contribution is 7.80. The van der Waals surface area contributed by atoms with Crippen molar-refractivity contribution in [2.24, 2.45) is 5.73 Å². The second-order valence-electron chi connectivity index (χ2n) is 2.99. The maximum absolute atomic E-state index is 10.9. The Balaban J connectivity index is 3.92. The fourth-order valence-corrected chi connectivity index (χ4v) is 0.533. The van der Waals surface area contributed by atoms with E-state index >= 15 is 0 Å². The molecule has 0 aliphatic rings. The van der Waals surface area contributed by atoms with E-state index in [1.54, 1.807) is 0 Å². The molecule has 0 saturated carbocycles. The van der Waals surface area contributed by atoms with Gasteiger partial charge < -0.3 is 10.5 Å². The number of carbonyl (C=O) groups is 1. The SMILES string of the molecule is CCC(C)(C)OC(=O)NC(N)=S. The van der Waals surface area contributed by atoms with Crippen molar-refractivity contribution in [3.63, 3.8) is 0 Å². The van der Waals surface area contributed by atoms with E-state index in [0.717, 1.165) is 6.42 Å². The molecule has 0 aromatic rings. The van der Waals surface area contributed by atoms with E-state index in [0.29, 0.717) is 0 Å². The first kappa shape index (κ1) is 11.2. The van der Waals surface area contributed by atoms with Crippen LogP contribution in [0, 0.1) is 0 Å². The Morgan fingerprint density at radius 1 is 1.67 bits per heavy atom. The molecule has 0 fully saturated rings. The Morgan fingerprint density at radius 2 is 2.17 bits per heavy atom. The van der Waals surface area contributed by atoms with Crippen molar-refractivity contribution in [3.8, 4) is 0 Å². The van der Waals surface area contributed by atoms with Gasteiger partial charge in [-0.15, -0.1) is 0 Å². The number of hydrogen-bond acceptors (Lipinski definition) is 3. The Bertz CT molecular complexity index is 192. The van der Waals surface area contributed by atoms with Gasteiger partial charge >= 0.3 is 6.09 Å². The summed E-state index contributed by atoms with van der Waals surface area (Å²) in [5, 5.41) is 2.10. The summed E-state index contributed by atoms with van der Waals surface area (Å²) in [6.45, 7) is 5.55. The van der Waals surface area contributed by atoms with Gasteiger partial charge in [-0.25, -0.2) is 4.79 Å². The third-order valence-electron chi connectivity index (χ3n) is 1.45. The van der Waals surface area contributed by atoms with Crippen molar-refractivity contribution in [3.05, 3.63) is 0 Å². The molecular formula is C7H14N2O2S. The number of alkyl carbamates (subject to hydrolysis) is 1. The molecule has 0 rings (SSSR count). The summed E-state index contributed by atoms with van der Waals surface area (Å²) in [7, 11) is 0. The van der Waals surface area contributed by atoms with Gasteiger partial charge in [-0.2, -0.15) is 0 Å². The largest absolute Gasteiger partial charge is 0.443 e. The number of carbonyl (C=O) groups excluding carboxylic acids is 1. The van der Waals surface area contributed by atoms with Gasteiger partial charge in [0.15, 0.2) is 5.11 Å². The van der Waals surface area contributed by atoms with Gasteiger partial charge in [-0.1, -0.05) is 6.92 Å². The van der Waals surface area contributed by atoms with Crippen LogP contribution in [0.4, 0.5) is 4.79 Å². The second-order valence-corrected chi connectivity index (χ2v) is 3.43. The van der Waals surface area contributed by atoms with E-state index in [4.69, 9.17) is 10.5 Å². The summed E-state index contributed by atoms with van der Waals surface area (Å²) < 4.78 is 4.98. The van der Waals surface area contributed by atoms with Crippen molar-refractivity contribution >= 4 is 23.4 Å². The molecule has 4 nitrogen and oxygen atoms in total. The van der Waals surface area contributed by atoms with Crippen LogP contribution in [0.2, 0.25) is 0 Å². The molecule has 0 atom stereocenters. The summed E-state index contributed by atoms with van der Waals surface area (Å²) >= 11 is 4.46. The molecule has 1 amide bonds. The van der Waals surface area contributed by atoms with Crippen LogP contribution in [0.3, 0.4) is 0 Å². The molecule has 0 spiro atoms. The molecule has 0 saturated heterocycles. The lowest BCUT2D eigenvalue weighted by Gasteiger charge is -2.22. The van der Waals surface area contributed by atoms with Crippen molar-refractivity contribution in [2.75, 3.05) is 0 Å². The molecule has 0 unspecified atom stereocenters. The summed E-state index contributed by atoms with van der Waals surface area (Å²) in [5.41, 5.74) is 4.60. The van der Waals surface area contributed by atoms with Crippen LogP contribution < -0.4 is 11.1 Å². The zero-order valence-electron chi connectivity index (χ0n) is 7.51. The average Bonchev–Trinajstić information content (AvgIpc) is 1.84. The summed E-state index contributed by atoms with van der Waals surface area (Å²) in [5.74, 6) is 0. The molecule has 0 aromatic heterocycles. The first-order valence-electron chi connectivity index (χ1n) is 3.67. The first-order chi connectivity index (χ1) is 5.37. The fourth-order valence-electron chi connectivity index (χ4n) is 0.449. The second kappa shape index (κ2) is 4.25. The normalized spacial score (nSPS) is 10.6. The van der Waals surface area contributed by atoms with Crippen LogP contribution in [-0.2, 0) is 4.74 Å². The lowest BCUT2D eigenvalue weighted by atomic mass is 10.1. The molecule has 0 aliphatic heterocycles. The van der Waals surface area contributed by atoms with Crippen molar-refractivity contribution in [2.45, 2.75) is 32.8 Å². The van der Waals surface area contributed by atoms with Gasteiger partial charge in [0.25, 0.3) is 0 Å². The summed E-state index contributed by atoms with van der Waals surface area (Å²) in [6, 6.07) is 0. The standard InChI is InChI=1S/C7H14N2O2S/c1-4-7(2,3)11-6(10)9-5(8)12/h4H2,1-3H3,(H3,8,9,10,12). The van der Waals surface area contributed by atoms with Crippen LogP contribution >= 0.6 is 12.2 Å². The lowest BCUT2D eigenvalue weighted by Crippen LogP contribution is -2.39. The summed E-state index contributed by atoms with van der Waals surface area (Å²) in [6.07, 6.45) is 0.131. The highest BCUT2D eigenvalue weighted by Gasteiger charge is 2.20. The predicted octanol–water partition coefficient (Wildman–Crippen LogP) is 1.14. The Labute approximate surface area is 77.5 Å². The number of thiocarbonyl (C=S) groups is 1. The van der Waals surface area contributed by atoms with Gasteiger partial charge in [0.05, 0.1) is 0 Å². The Morgan fingerprint density at radius 3 is 2.50 bits per heavy atom. The molecule has 70 valence electrons. The quantitative estimate of drug-likeness (QED) is 0.641. The number of hydrogen-bond donors (Lipinski definition) is 2. The maximum Gasteiger partial charge on any atom is 0.413 e. The molecule has 0 radical (unpaired) electrons. The van der Waals surface area contributed by atoms with Crippen molar-refractivity contribution < 1.29 is 9.53 Å². The average molecular weight is 190 g/mol. The minimum Gasteiger partial charge on any atom is -0.443 e. The summed E-state index contributed by atoms with van der Waals surface area (Å²) in [4.78, 5) is 10.9. The molecule has 5 heteroatoms. The highest BCUT2D eigenvalue weighted by Crippen LogP contribution is 2.12. The molecule has 0 aliphatic carbocycles. The third kappa shape index (κ3) is 4.90. The Kier molecular flexibility index (Phi) is 3.95. The van der Waals surface area contributed by atoms with Gasteiger partial charge in [-0.3, -0.25) is 5.32 Å². The number of amides is 1. The van der Waals surface area contributed by atoms with Crippen LogP contribution in [-0.4, -0.2) is 16.8 Å². The van der Waals surface area contributed by atoms with E-state index in [2.05, 4.69) is 17.5 Å². The highest BCUT2D eigenvalue weighted by atomic mass is 32.1. The van der Waals surface area contributed by atoms with E-state index in [1.807, 2.05) is 20.8 Å². The zero-order valence-corrected chi connectivity index (χ0v) is 8.33. The van der Waals surface area contributed by atoms with Crippen molar-refractivity contribution in [1.82, 2.24) is 5.32 Å². The number of nitrogens with two attached hydrogens (primary N) is 1.